The second-order valence-corrected chi connectivity index (χ2v) is 5.79. The van der Waals surface area contributed by atoms with Crippen molar-refractivity contribution in [3.63, 3.8) is 0 Å². The number of oxazole rings is 1. The summed E-state index contributed by atoms with van der Waals surface area (Å²) in [6.07, 6.45) is 2.33. The highest BCUT2D eigenvalue weighted by Gasteiger charge is 2.15. The van der Waals surface area contributed by atoms with Gasteiger partial charge in [-0.05, 0) is 32.9 Å². The fraction of sp³-hybridized carbons (Fsp3) is 0.353. The highest BCUT2D eigenvalue weighted by atomic mass is 16.4. The molecule has 8 nitrogen and oxygen atoms in total. The van der Waals surface area contributed by atoms with Gasteiger partial charge in [0.15, 0.2) is 11.6 Å². The maximum absolute atomic E-state index is 12.3. The largest absolute Gasteiger partial charge is 0.444 e. The van der Waals surface area contributed by atoms with Gasteiger partial charge in [0.2, 0.25) is 0 Å². The number of hydrogen-bond donors (Lipinski definition) is 1. The number of aromatic nitrogens is 5. The number of rotatable bonds is 5. The van der Waals surface area contributed by atoms with Gasteiger partial charge in [0.05, 0.1) is 12.7 Å². The average Bonchev–Trinajstić information content (AvgIpc) is 3.18. The fourth-order valence-corrected chi connectivity index (χ4v) is 2.44. The van der Waals surface area contributed by atoms with Crippen LogP contribution in [0.25, 0.3) is 5.95 Å². The third-order valence-corrected chi connectivity index (χ3v) is 3.61. The molecule has 8 heteroatoms. The summed E-state index contributed by atoms with van der Waals surface area (Å²) in [5.74, 6) is 1.42. The molecule has 0 spiro atoms. The molecule has 1 amide bonds. The van der Waals surface area contributed by atoms with Crippen LogP contribution in [0.4, 0.5) is 0 Å². The molecule has 0 aliphatic heterocycles. The molecule has 3 aromatic heterocycles. The fourth-order valence-electron chi connectivity index (χ4n) is 2.44. The number of carbonyl (C=O) groups excluding carboxylic acids is 1. The van der Waals surface area contributed by atoms with Gasteiger partial charge >= 0.3 is 0 Å². The van der Waals surface area contributed by atoms with E-state index < -0.39 is 0 Å². The molecule has 1 N–H and O–H groups in total. The van der Waals surface area contributed by atoms with Gasteiger partial charge in [0.1, 0.15) is 5.76 Å². The first kappa shape index (κ1) is 16.8. The summed E-state index contributed by atoms with van der Waals surface area (Å²) in [7, 11) is 0. The second-order valence-electron chi connectivity index (χ2n) is 5.79. The summed E-state index contributed by atoms with van der Waals surface area (Å²) >= 11 is 0. The van der Waals surface area contributed by atoms with Crippen LogP contribution in [0.3, 0.4) is 0 Å². The molecule has 0 unspecified atom stereocenters. The van der Waals surface area contributed by atoms with Gasteiger partial charge in [-0.15, -0.1) is 0 Å². The van der Waals surface area contributed by atoms with Gasteiger partial charge in [-0.1, -0.05) is 6.92 Å². The van der Waals surface area contributed by atoms with E-state index in [1.54, 1.807) is 16.9 Å². The van der Waals surface area contributed by atoms with Gasteiger partial charge in [-0.2, -0.15) is 5.10 Å². The summed E-state index contributed by atoms with van der Waals surface area (Å²) in [4.78, 5) is 25.2. The van der Waals surface area contributed by atoms with Crippen LogP contribution < -0.4 is 5.32 Å². The van der Waals surface area contributed by atoms with Gasteiger partial charge in [-0.3, -0.25) is 4.79 Å². The number of carbonyl (C=O) groups is 1. The molecular formula is C17H20N6O2. The minimum atomic E-state index is -0.291. The Morgan fingerprint density at radius 2 is 1.92 bits per heavy atom. The molecule has 0 aromatic carbocycles. The quantitative estimate of drug-likeness (QED) is 0.763. The standard InChI is InChI=1S/C17H20N6O2/c1-5-15-18-8-13(25-15)9-19-16(24)14-7-12(4)23(22-14)17-20-10(2)6-11(3)21-17/h6-8H,5,9H2,1-4H3,(H,19,24). The first-order valence-corrected chi connectivity index (χ1v) is 8.07. The number of nitrogens with one attached hydrogen (secondary N) is 1. The Morgan fingerprint density at radius 1 is 1.20 bits per heavy atom. The summed E-state index contributed by atoms with van der Waals surface area (Å²) < 4.78 is 7.04. The van der Waals surface area contributed by atoms with Crippen LogP contribution >= 0.6 is 0 Å². The predicted molar refractivity (Wildman–Crippen MR) is 90.4 cm³/mol. The van der Waals surface area contributed by atoms with E-state index in [1.807, 2.05) is 33.8 Å². The monoisotopic (exact) mass is 340 g/mol. The van der Waals surface area contributed by atoms with Crippen molar-refractivity contribution >= 4 is 5.91 Å². The van der Waals surface area contributed by atoms with Crippen molar-refractivity contribution in [3.05, 3.63) is 52.8 Å². The van der Waals surface area contributed by atoms with Crippen molar-refractivity contribution in [3.8, 4) is 5.95 Å². The van der Waals surface area contributed by atoms with E-state index in [1.165, 1.54) is 0 Å². The van der Waals surface area contributed by atoms with Crippen LogP contribution in [0.2, 0.25) is 0 Å². The van der Waals surface area contributed by atoms with Crippen LogP contribution in [0, 0.1) is 20.8 Å². The minimum Gasteiger partial charge on any atom is -0.444 e. The number of aryl methyl sites for hydroxylation is 4. The molecule has 0 atom stereocenters. The van der Waals surface area contributed by atoms with Crippen LogP contribution in [-0.2, 0) is 13.0 Å². The van der Waals surface area contributed by atoms with Crippen molar-refractivity contribution < 1.29 is 9.21 Å². The molecule has 25 heavy (non-hydrogen) atoms. The lowest BCUT2D eigenvalue weighted by Crippen LogP contribution is -2.23. The van der Waals surface area contributed by atoms with E-state index in [9.17, 15) is 4.79 Å². The summed E-state index contributed by atoms with van der Waals surface area (Å²) in [6, 6.07) is 3.59. The van der Waals surface area contributed by atoms with Gasteiger partial charge in [-0.25, -0.2) is 19.6 Å². The Bertz CT molecular complexity index is 892. The van der Waals surface area contributed by atoms with E-state index in [2.05, 4.69) is 25.4 Å². The molecule has 0 radical (unpaired) electrons. The topological polar surface area (TPSA) is 98.7 Å². The lowest BCUT2D eigenvalue weighted by Gasteiger charge is -2.04. The van der Waals surface area contributed by atoms with E-state index in [0.29, 0.717) is 29.7 Å². The molecule has 0 fully saturated rings. The van der Waals surface area contributed by atoms with E-state index in [0.717, 1.165) is 17.1 Å². The predicted octanol–water partition coefficient (Wildman–Crippen LogP) is 2.07. The summed E-state index contributed by atoms with van der Waals surface area (Å²) in [5, 5.41) is 7.11. The first-order chi connectivity index (χ1) is 12.0. The lowest BCUT2D eigenvalue weighted by molar-refractivity contribution is 0.0942. The molecular weight excluding hydrogens is 320 g/mol. The van der Waals surface area contributed by atoms with Gasteiger partial charge in [0.25, 0.3) is 11.9 Å². The Labute approximate surface area is 145 Å². The third kappa shape index (κ3) is 3.73. The Balaban J connectivity index is 1.75. The number of hydrogen-bond acceptors (Lipinski definition) is 6. The van der Waals surface area contributed by atoms with E-state index in [4.69, 9.17) is 4.42 Å². The molecule has 0 saturated heterocycles. The average molecular weight is 340 g/mol. The Hall–Kier alpha value is -3.03. The third-order valence-electron chi connectivity index (χ3n) is 3.61. The molecule has 0 aliphatic rings. The van der Waals surface area contributed by atoms with Crippen LogP contribution in [0.15, 0.2) is 22.7 Å². The van der Waals surface area contributed by atoms with Crippen molar-refractivity contribution in [2.45, 2.75) is 40.7 Å². The zero-order valence-corrected chi connectivity index (χ0v) is 14.7. The highest BCUT2D eigenvalue weighted by molar-refractivity contribution is 5.92. The Morgan fingerprint density at radius 3 is 2.56 bits per heavy atom. The zero-order chi connectivity index (χ0) is 18.0. The highest BCUT2D eigenvalue weighted by Crippen LogP contribution is 2.11. The molecule has 130 valence electrons. The number of nitrogens with zero attached hydrogens (tertiary/aromatic N) is 5. The maximum atomic E-state index is 12.3. The zero-order valence-electron chi connectivity index (χ0n) is 14.7. The first-order valence-electron chi connectivity index (χ1n) is 8.07. The van der Waals surface area contributed by atoms with Gasteiger partial charge < -0.3 is 9.73 Å². The lowest BCUT2D eigenvalue weighted by atomic mass is 10.3. The number of amides is 1. The maximum Gasteiger partial charge on any atom is 0.272 e. The van der Waals surface area contributed by atoms with Crippen molar-refractivity contribution in [1.29, 1.82) is 0 Å². The summed E-state index contributed by atoms with van der Waals surface area (Å²) in [6.45, 7) is 7.87. The minimum absolute atomic E-state index is 0.262. The van der Waals surface area contributed by atoms with Crippen LogP contribution in [-0.4, -0.2) is 30.6 Å². The van der Waals surface area contributed by atoms with Crippen molar-refractivity contribution in [2.75, 3.05) is 0 Å². The van der Waals surface area contributed by atoms with Crippen LogP contribution in [0.1, 0.15) is 46.1 Å². The smallest absolute Gasteiger partial charge is 0.272 e. The van der Waals surface area contributed by atoms with Crippen molar-refractivity contribution in [2.24, 2.45) is 0 Å². The molecule has 0 bridgehead atoms. The van der Waals surface area contributed by atoms with E-state index >= 15 is 0 Å². The second kappa shape index (κ2) is 6.84. The summed E-state index contributed by atoms with van der Waals surface area (Å²) in [5.41, 5.74) is 2.78. The van der Waals surface area contributed by atoms with Crippen molar-refractivity contribution in [1.82, 2.24) is 30.0 Å². The van der Waals surface area contributed by atoms with E-state index in [-0.39, 0.29) is 12.5 Å². The molecule has 3 rings (SSSR count). The molecule has 0 aliphatic carbocycles. The SMILES string of the molecule is CCc1ncc(CNC(=O)c2cc(C)n(-c3nc(C)cc(C)n3)n2)o1. The molecule has 3 heterocycles. The normalized spacial score (nSPS) is 10.9. The molecule has 0 saturated carbocycles. The van der Waals surface area contributed by atoms with Gasteiger partial charge in [0, 0.05) is 23.5 Å². The molecule has 3 aromatic rings. The van der Waals surface area contributed by atoms with Crippen LogP contribution in [0.5, 0.6) is 0 Å². The Kier molecular flexibility index (Phi) is 4.60.